The second-order valence-corrected chi connectivity index (χ2v) is 8.95. The van der Waals surface area contributed by atoms with Gasteiger partial charge in [-0.15, -0.1) is 0 Å². The fourth-order valence-corrected chi connectivity index (χ4v) is 4.47. The first kappa shape index (κ1) is 22.8. The van der Waals surface area contributed by atoms with Crippen LogP contribution in [-0.2, 0) is 24.3 Å². The molecule has 3 rings (SSSR count). The molecule has 1 aromatic heterocycles. The number of benzene rings is 1. The molecule has 0 aliphatic carbocycles. The molecule has 1 aliphatic rings. The molecule has 0 bridgehead atoms. The van der Waals surface area contributed by atoms with Crippen molar-refractivity contribution < 1.29 is 31.9 Å². The van der Waals surface area contributed by atoms with Gasteiger partial charge in [0, 0.05) is 25.2 Å². The number of carbonyl (C=O) groups is 2. The van der Waals surface area contributed by atoms with Crippen LogP contribution < -0.4 is 5.32 Å². The van der Waals surface area contributed by atoms with Gasteiger partial charge in [0.1, 0.15) is 16.5 Å². The molecule has 0 spiro atoms. The second kappa shape index (κ2) is 9.54. The number of halogens is 1. The maximum atomic E-state index is 14.3. The first-order chi connectivity index (χ1) is 14.7. The Hall–Kier alpha value is -2.83. The Labute approximate surface area is 179 Å². The minimum atomic E-state index is -4.15. The van der Waals surface area contributed by atoms with E-state index in [1.54, 1.807) is 10.7 Å². The maximum Gasteiger partial charge on any atom is 0.338 e. The third-order valence-corrected chi connectivity index (χ3v) is 6.43. The molecule has 0 radical (unpaired) electrons. The summed E-state index contributed by atoms with van der Waals surface area (Å²) in [4.78, 5) is 23.8. The number of nitrogens with zero attached hydrogens (tertiary/aromatic N) is 3. The molecule has 1 fully saturated rings. The summed E-state index contributed by atoms with van der Waals surface area (Å²) in [5.74, 6) is -2.09. The van der Waals surface area contributed by atoms with E-state index in [9.17, 15) is 22.4 Å². The molecule has 0 saturated carbocycles. The number of aromatic nitrogens is 2. The van der Waals surface area contributed by atoms with Crippen molar-refractivity contribution in [3.05, 3.63) is 41.8 Å². The van der Waals surface area contributed by atoms with Crippen molar-refractivity contribution in [3.8, 4) is 0 Å². The first-order valence-corrected chi connectivity index (χ1v) is 11.0. The molecule has 1 saturated heterocycles. The summed E-state index contributed by atoms with van der Waals surface area (Å²) < 4.78 is 52.4. The lowest BCUT2D eigenvalue weighted by atomic mass is 10.2. The molecule has 168 valence electrons. The summed E-state index contributed by atoms with van der Waals surface area (Å²) in [5.41, 5.74) is -0.187. The van der Waals surface area contributed by atoms with E-state index in [-0.39, 0.29) is 37.9 Å². The smallest absolute Gasteiger partial charge is 0.338 e. The maximum absolute atomic E-state index is 14.3. The minimum absolute atomic E-state index is 0.0129. The highest BCUT2D eigenvalue weighted by molar-refractivity contribution is 7.89. The SMILES string of the molecule is CC(C)n1nccc1NC(=O)COC(=O)c1ccc(F)c(S(=O)(=O)N2CCOCC2)c1. The average Bonchev–Trinajstić information content (AvgIpc) is 3.21. The molecule has 12 heteroatoms. The van der Waals surface area contributed by atoms with Crippen LogP contribution in [-0.4, -0.2) is 67.3 Å². The van der Waals surface area contributed by atoms with Crippen molar-refractivity contribution in [3.63, 3.8) is 0 Å². The Kier molecular flexibility index (Phi) is 7.03. The highest BCUT2D eigenvalue weighted by Gasteiger charge is 2.30. The van der Waals surface area contributed by atoms with Crippen LogP contribution in [0.2, 0.25) is 0 Å². The van der Waals surface area contributed by atoms with E-state index in [4.69, 9.17) is 9.47 Å². The predicted octanol–water partition coefficient (Wildman–Crippen LogP) is 1.42. The Morgan fingerprint density at radius 3 is 2.65 bits per heavy atom. The molecular formula is C19H23FN4O6S. The van der Waals surface area contributed by atoms with Crippen LogP contribution in [0.3, 0.4) is 0 Å². The highest BCUT2D eigenvalue weighted by atomic mass is 32.2. The zero-order valence-corrected chi connectivity index (χ0v) is 17.9. The monoisotopic (exact) mass is 454 g/mol. The predicted molar refractivity (Wildman–Crippen MR) is 108 cm³/mol. The second-order valence-electron chi connectivity index (χ2n) is 7.04. The number of amides is 1. The first-order valence-electron chi connectivity index (χ1n) is 9.58. The van der Waals surface area contributed by atoms with E-state index in [0.29, 0.717) is 5.82 Å². The molecular weight excluding hydrogens is 431 g/mol. The number of hydrogen-bond acceptors (Lipinski definition) is 7. The van der Waals surface area contributed by atoms with Crippen molar-refractivity contribution in [2.45, 2.75) is 24.8 Å². The van der Waals surface area contributed by atoms with E-state index in [1.165, 1.54) is 6.20 Å². The van der Waals surface area contributed by atoms with Gasteiger partial charge in [0.2, 0.25) is 10.0 Å². The van der Waals surface area contributed by atoms with Gasteiger partial charge in [-0.1, -0.05) is 0 Å². The van der Waals surface area contributed by atoms with E-state index in [2.05, 4.69) is 10.4 Å². The number of morpholine rings is 1. The van der Waals surface area contributed by atoms with Gasteiger partial charge in [-0.3, -0.25) is 4.79 Å². The summed E-state index contributed by atoms with van der Waals surface area (Å²) in [6, 6.07) is 4.50. The van der Waals surface area contributed by atoms with Gasteiger partial charge in [-0.05, 0) is 32.0 Å². The van der Waals surface area contributed by atoms with Crippen LogP contribution >= 0.6 is 0 Å². The Bertz CT molecular complexity index is 1060. The summed E-state index contributed by atoms with van der Waals surface area (Å²) in [7, 11) is -4.15. The third kappa shape index (κ3) is 5.27. The molecule has 10 nitrogen and oxygen atoms in total. The molecule has 0 atom stereocenters. The lowest BCUT2D eigenvalue weighted by Gasteiger charge is -2.26. The van der Waals surface area contributed by atoms with Crippen molar-refractivity contribution in [1.29, 1.82) is 0 Å². The van der Waals surface area contributed by atoms with Gasteiger partial charge < -0.3 is 14.8 Å². The average molecular weight is 454 g/mol. The third-order valence-electron chi connectivity index (χ3n) is 4.52. The summed E-state index contributed by atoms with van der Waals surface area (Å²) >= 11 is 0. The molecule has 1 aliphatic heterocycles. The van der Waals surface area contributed by atoms with Gasteiger partial charge in [-0.2, -0.15) is 9.40 Å². The molecule has 31 heavy (non-hydrogen) atoms. The van der Waals surface area contributed by atoms with Crippen molar-refractivity contribution >= 4 is 27.7 Å². The van der Waals surface area contributed by atoms with Crippen molar-refractivity contribution in [2.24, 2.45) is 0 Å². The number of carbonyl (C=O) groups excluding carboxylic acids is 2. The number of hydrogen-bond donors (Lipinski definition) is 1. The van der Waals surface area contributed by atoms with Crippen molar-refractivity contribution in [2.75, 3.05) is 38.2 Å². The number of anilines is 1. The fraction of sp³-hybridized carbons (Fsp3) is 0.421. The lowest BCUT2D eigenvalue weighted by Crippen LogP contribution is -2.41. The van der Waals surface area contributed by atoms with E-state index in [0.717, 1.165) is 22.5 Å². The Balaban J connectivity index is 1.67. The lowest BCUT2D eigenvalue weighted by molar-refractivity contribution is -0.119. The van der Waals surface area contributed by atoms with Gasteiger partial charge >= 0.3 is 5.97 Å². The number of ether oxygens (including phenoxy) is 2. The Morgan fingerprint density at radius 2 is 1.97 bits per heavy atom. The fourth-order valence-electron chi connectivity index (χ4n) is 2.97. The normalized spacial score (nSPS) is 15.1. The van der Waals surface area contributed by atoms with Gasteiger partial charge in [0.05, 0.1) is 25.0 Å². The quantitative estimate of drug-likeness (QED) is 0.628. The minimum Gasteiger partial charge on any atom is -0.452 e. The topological polar surface area (TPSA) is 120 Å². The number of rotatable bonds is 7. The number of esters is 1. The van der Waals surface area contributed by atoms with E-state index < -0.39 is 39.2 Å². The van der Waals surface area contributed by atoms with Crippen LogP contribution in [0.1, 0.15) is 30.2 Å². The zero-order chi connectivity index (χ0) is 22.6. The summed E-state index contributed by atoms with van der Waals surface area (Å²) in [6.45, 7) is 3.75. The molecule has 1 amide bonds. The molecule has 2 aromatic rings. The number of nitrogens with one attached hydrogen (secondary N) is 1. The standard InChI is InChI=1S/C19H23FN4O6S/c1-13(2)24-17(5-6-21-24)22-18(25)12-30-19(26)14-3-4-15(20)16(11-14)31(27,28)23-7-9-29-10-8-23/h3-6,11,13H,7-10,12H2,1-2H3,(H,22,25). The van der Waals surface area contributed by atoms with Crippen LogP contribution in [0.25, 0.3) is 0 Å². The molecule has 1 N–H and O–H groups in total. The van der Waals surface area contributed by atoms with Crippen LogP contribution in [0, 0.1) is 5.82 Å². The van der Waals surface area contributed by atoms with Gasteiger partial charge in [-0.25, -0.2) is 22.3 Å². The zero-order valence-electron chi connectivity index (χ0n) is 17.1. The van der Waals surface area contributed by atoms with Gasteiger partial charge in [0.15, 0.2) is 6.61 Å². The highest BCUT2D eigenvalue weighted by Crippen LogP contribution is 2.22. The molecule has 2 heterocycles. The Morgan fingerprint density at radius 1 is 1.26 bits per heavy atom. The van der Waals surface area contributed by atoms with E-state index >= 15 is 0 Å². The summed E-state index contributed by atoms with van der Waals surface area (Å²) in [5, 5.41) is 6.66. The molecule has 1 aromatic carbocycles. The molecule has 0 unspecified atom stereocenters. The van der Waals surface area contributed by atoms with Crippen LogP contribution in [0.15, 0.2) is 35.4 Å². The largest absolute Gasteiger partial charge is 0.452 e. The summed E-state index contributed by atoms with van der Waals surface area (Å²) in [6.07, 6.45) is 1.52. The van der Waals surface area contributed by atoms with Crippen molar-refractivity contribution in [1.82, 2.24) is 14.1 Å². The van der Waals surface area contributed by atoms with E-state index in [1.807, 2.05) is 13.8 Å². The van der Waals surface area contributed by atoms with Crippen LogP contribution in [0.5, 0.6) is 0 Å². The number of sulfonamides is 1. The van der Waals surface area contributed by atoms with Crippen LogP contribution in [0.4, 0.5) is 10.2 Å². The van der Waals surface area contributed by atoms with Gasteiger partial charge in [0.25, 0.3) is 5.91 Å².